The summed E-state index contributed by atoms with van der Waals surface area (Å²) in [5.74, 6) is 0. The minimum Gasteiger partial charge on any atom is -0.416 e. The summed E-state index contributed by atoms with van der Waals surface area (Å²) in [7, 11) is -49.8. The third kappa shape index (κ3) is 19.0. The van der Waals surface area contributed by atoms with E-state index in [-0.39, 0.29) is 0 Å². The van der Waals surface area contributed by atoms with Crippen LogP contribution in [-0.2, 0) is 101 Å². The van der Waals surface area contributed by atoms with Crippen molar-refractivity contribution in [2.24, 2.45) is 0 Å². The molecule has 4 bridgehead atoms. The zero-order chi connectivity index (χ0) is 51.1. The average molecular weight is 1230 g/mol. The standard InChI is InChI=1S/C26H80O24Si16/c1-27-51-33-54(9,10)39-57(15,16)42-62(22)36-52-34-55(11,12)38-56(13,14)40-58(17,18)43-65(25,41-53(7,8)28-2)49-64(24,37-52)46-60(20,31-5)45-61(21,32-6)47-66(26,48-62)50-63(23,35-51)44-59(19,29-3)30-4/h51-52H,1-26H3. The maximum Gasteiger partial charge on any atom is 0.489 e. The van der Waals surface area contributed by atoms with Gasteiger partial charge in [-0.25, -0.2) is 0 Å². The van der Waals surface area contributed by atoms with E-state index in [9.17, 15) is 0 Å². The summed E-state index contributed by atoms with van der Waals surface area (Å²) in [6.45, 7) is 36.0. The van der Waals surface area contributed by atoms with Gasteiger partial charge in [0.1, 0.15) is 0 Å². The fourth-order valence-electron chi connectivity index (χ4n) is 7.51. The number of hydrogen-bond donors (Lipinski definition) is 0. The Hall–Kier alpha value is 2.51. The Bertz CT molecular complexity index is 1630. The van der Waals surface area contributed by atoms with Crippen LogP contribution >= 0.6 is 0 Å². The van der Waals surface area contributed by atoms with Crippen LogP contribution in [0.15, 0.2) is 0 Å². The van der Waals surface area contributed by atoms with Crippen molar-refractivity contribution in [3.63, 3.8) is 0 Å². The smallest absolute Gasteiger partial charge is 0.416 e. The van der Waals surface area contributed by atoms with E-state index in [4.69, 9.17) is 101 Å². The molecule has 3 rings (SSSR count). The Morgan fingerprint density at radius 2 is 0.742 bits per heavy atom. The molecule has 9 unspecified atom stereocenters. The second-order valence-corrected chi connectivity index (χ2v) is 68.6. The Morgan fingerprint density at radius 1 is 0.333 bits per heavy atom. The molecule has 0 radical (unpaired) electrons. The molecule has 9 atom stereocenters. The number of hydrogen-bond acceptors (Lipinski definition) is 24. The topological polar surface area (TPSA) is 222 Å². The third-order valence-corrected chi connectivity index (χ3v) is 70.0. The zero-order valence-corrected chi connectivity index (χ0v) is 60.3. The van der Waals surface area contributed by atoms with E-state index in [1.165, 1.54) is 35.5 Å². The van der Waals surface area contributed by atoms with Crippen molar-refractivity contribution in [3.05, 3.63) is 0 Å². The second-order valence-electron chi connectivity index (χ2n) is 19.0. The van der Waals surface area contributed by atoms with Crippen LogP contribution in [0.25, 0.3) is 0 Å². The molecule has 0 aliphatic carbocycles. The van der Waals surface area contributed by atoms with Gasteiger partial charge in [0, 0.05) is 95.0 Å². The lowest BCUT2D eigenvalue weighted by Crippen LogP contribution is -2.73. The van der Waals surface area contributed by atoms with Crippen molar-refractivity contribution in [1.82, 2.24) is 0 Å². The molecule has 3 saturated heterocycles. The van der Waals surface area contributed by atoms with Crippen LogP contribution in [0.5, 0.6) is 0 Å². The lowest BCUT2D eigenvalue weighted by atomic mass is 11.8. The maximum absolute atomic E-state index is 7.25. The highest BCUT2D eigenvalue weighted by molar-refractivity contribution is 6.95. The summed E-state index contributed by atoms with van der Waals surface area (Å²) in [5, 5.41) is 0. The molecule has 0 aromatic heterocycles. The molecule has 66 heavy (non-hydrogen) atoms. The van der Waals surface area contributed by atoms with Gasteiger partial charge in [-0.2, -0.15) is 0 Å². The fraction of sp³-hybridized carbons (Fsp3) is 1.00. The monoisotopic (exact) mass is 1220 g/mol. The minimum atomic E-state index is -4.42. The first-order chi connectivity index (χ1) is 29.4. The molecule has 0 N–H and O–H groups in total. The lowest BCUT2D eigenvalue weighted by molar-refractivity contribution is 0.0577. The summed E-state index contributed by atoms with van der Waals surface area (Å²) in [5.41, 5.74) is 0. The van der Waals surface area contributed by atoms with Crippen molar-refractivity contribution in [2.75, 3.05) is 42.7 Å². The summed E-state index contributed by atoms with van der Waals surface area (Å²) in [6, 6.07) is 0. The largest absolute Gasteiger partial charge is 0.489 e. The van der Waals surface area contributed by atoms with Crippen LogP contribution in [-0.4, -0.2) is 184 Å². The molecule has 392 valence electrons. The van der Waals surface area contributed by atoms with E-state index in [2.05, 4.69) is 0 Å². The normalized spacial score (nSPS) is 40.8. The lowest BCUT2D eigenvalue weighted by Gasteiger charge is -2.50. The molecular formula is C26H80O24Si16. The summed E-state index contributed by atoms with van der Waals surface area (Å²) in [6.07, 6.45) is 0. The summed E-state index contributed by atoms with van der Waals surface area (Å²) in [4.78, 5) is 0. The molecule has 0 aromatic rings. The first kappa shape index (κ1) is 62.8. The molecule has 3 heterocycles. The first-order valence-corrected chi connectivity index (χ1v) is 58.7. The highest BCUT2D eigenvalue weighted by atomic mass is 28.6. The molecule has 3 fully saturated rings. The van der Waals surface area contributed by atoms with Crippen LogP contribution in [0.3, 0.4) is 0 Å². The Labute approximate surface area is 412 Å². The van der Waals surface area contributed by atoms with Gasteiger partial charge in [0.25, 0.3) is 0 Å². The highest BCUT2D eigenvalue weighted by Crippen LogP contribution is 2.39. The van der Waals surface area contributed by atoms with Crippen LogP contribution in [0.2, 0.25) is 131 Å². The van der Waals surface area contributed by atoms with Gasteiger partial charge >= 0.3 is 141 Å². The third-order valence-electron chi connectivity index (χ3n) is 9.22. The Balaban J connectivity index is 2.51. The molecule has 40 heteroatoms. The van der Waals surface area contributed by atoms with Gasteiger partial charge in [-0.3, -0.25) is 0 Å². The quantitative estimate of drug-likeness (QED) is 0.277. The molecule has 3 aliphatic rings. The van der Waals surface area contributed by atoms with Gasteiger partial charge in [-0.1, -0.05) is 0 Å². The van der Waals surface area contributed by atoms with E-state index < -0.39 is 141 Å². The summed E-state index contributed by atoms with van der Waals surface area (Å²) >= 11 is 0. The molecule has 0 spiro atoms. The van der Waals surface area contributed by atoms with E-state index >= 15 is 0 Å². The molecule has 24 nitrogen and oxygen atoms in total. The average Bonchev–Trinajstić information content (AvgIpc) is 3.05. The van der Waals surface area contributed by atoms with Crippen molar-refractivity contribution in [3.8, 4) is 0 Å². The van der Waals surface area contributed by atoms with Crippen molar-refractivity contribution in [1.29, 1.82) is 0 Å². The second kappa shape index (κ2) is 22.0. The van der Waals surface area contributed by atoms with E-state index in [0.717, 1.165) is 0 Å². The SMILES string of the molecule is CO[SiH]1O[Si](C)(C)O[Si](C)(C)O[Si]2(C)O[SiH]3O[Si](C)(C)O[Si](C)(C)O[Si](C)(C)O[Si](C)(O[Si](C)(C)OC)O[Si](C)(O3)O[Si](C)(OC)O[Si](C)(OC)O[Si](C)(O2)O[Si](C)(O[Si](C)(OC)OC)O1. The van der Waals surface area contributed by atoms with Gasteiger partial charge in [-0.15, -0.1) is 0 Å². The predicted octanol–water partition coefficient (Wildman–Crippen LogP) is 4.40. The number of rotatable bonds is 10. The molecule has 0 amide bonds. The number of fused-ring (bicyclic) bond motifs is 4. The minimum absolute atomic E-state index is 1.44. The predicted molar refractivity (Wildman–Crippen MR) is 274 cm³/mol. The van der Waals surface area contributed by atoms with E-state index in [0.29, 0.717) is 0 Å². The van der Waals surface area contributed by atoms with Crippen LogP contribution in [0, 0.1) is 0 Å². The van der Waals surface area contributed by atoms with E-state index in [1.54, 1.807) is 59.5 Å². The van der Waals surface area contributed by atoms with Gasteiger partial charge in [0.05, 0.1) is 0 Å². The molecule has 0 aromatic carbocycles. The molecular weight excluding hydrogens is 1150 g/mol. The van der Waals surface area contributed by atoms with Crippen molar-refractivity contribution in [2.45, 2.75) is 131 Å². The van der Waals surface area contributed by atoms with Crippen LogP contribution < -0.4 is 0 Å². The van der Waals surface area contributed by atoms with Crippen molar-refractivity contribution < 1.29 is 101 Å². The Morgan fingerprint density at radius 3 is 1.21 bits per heavy atom. The first-order valence-electron chi connectivity index (χ1n) is 21.2. The summed E-state index contributed by atoms with van der Waals surface area (Å²) < 4.78 is 161. The zero-order valence-electron chi connectivity index (χ0n) is 44.0. The molecule has 0 saturated carbocycles. The van der Waals surface area contributed by atoms with Gasteiger partial charge in [0.15, 0.2) is 0 Å². The van der Waals surface area contributed by atoms with Crippen LogP contribution in [0.4, 0.5) is 0 Å². The van der Waals surface area contributed by atoms with Crippen LogP contribution in [0.1, 0.15) is 0 Å². The maximum atomic E-state index is 7.25. The van der Waals surface area contributed by atoms with Gasteiger partial charge in [0.2, 0.25) is 0 Å². The Kier molecular flexibility index (Phi) is 20.9. The van der Waals surface area contributed by atoms with Crippen molar-refractivity contribution >= 4 is 141 Å². The van der Waals surface area contributed by atoms with Gasteiger partial charge in [-0.05, 0) is 78.6 Å². The van der Waals surface area contributed by atoms with Gasteiger partial charge < -0.3 is 101 Å². The highest BCUT2D eigenvalue weighted by Gasteiger charge is 2.67. The molecule has 3 aliphatic heterocycles. The fourth-order valence-corrected chi connectivity index (χ4v) is 77.6. The van der Waals surface area contributed by atoms with E-state index in [1.807, 2.05) is 78.6 Å².